The second kappa shape index (κ2) is 8.82. The molecule has 0 atom stereocenters. The summed E-state index contributed by atoms with van der Waals surface area (Å²) in [7, 11) is -2.66. The van der Waals surface area contributed by atoms with E-state index in [0.717, 1.165) is 28.8 Å². The molecule has 2 nitrogen and oxygen atoms in total. The molecule has 0 heterocycles. The summed E-state index contributed by atoms with van der Waals surface area (Å²) in [4.78, 5) is 0. The Balaban J connectivity index is 2.51. The third-order valence-corrected chi connectivity index (χ3v) is 7.11. The van der Waals surface area contributed by atoms with Gasteiger partial charge in [0.05, 0.1) is 0 Å². The van der Waals surface area contributed by atoms with Crippen molar-refractivity contribution in [2.24, 2.45) is 0 Å². The molecular formula is C20H26O2Si. The third-order valence-electron chi connectivity index (χ3n) is 3.70. The first kappa shape index (κ1) is 17.7. The van der Waals surface area contributed by atoms with E-state index in [1.54, 1.807) is 0 Å². The second-order valence-electron chi connectivity index (χ2n) is 5.51. The van der Waals surface area contributed by atoms with E-state index in [0.29, 0.717) is 13.2 Å². The Morgan fingerprint density at radius 1 is 0.826 bits per heavy atom. The third kappa shape index (κ3) is 4.19. The van der Waals surface area contributed by atoms with Crippen LogP contribution in [0.5, 0.6) is 0 Å². The van der Waals surface area contributed by atoms with Gasteiger partial charge in [-0.1, -0.05) is 81.1 Å². The van der Waals surface area contributed by atoms with Crippen LogP contribution < -0.4 is 10.4 Å². The molecule has 0 bridgehead atoms. The lowest BCUT2D eigenvalue weighted by Crippen LogP contribution is -2.63. The van der Waals surface area contributed by atoms with Crippen LogP contribution in [-0.4, -0.2) is 21.8 Å². The average molecular weight is 327 g/mol. The normalized spacial score (nSPS) is 11.4. The van der Waals surface area contributed by atoms with Crippen molar-refractivity contribution in [3.05, 3.63) is 66.7 Å². The molecule has 0 fully saturated rings. The highest BCUT2D eigenvalue weighted by Gasteiger charge is 2.42. The summed E-state index contributed by atoms with van der Waals surface area (Å²) in [5.74, 6) is 0. The predicted molar refractivity (Wildman–Crippen MR) is 100 cm³/mol. The van der Waals surface area contributed by atoms with Gasteiger partial charge in [-0.3, -0.25) is 0 Å². The molecule has 0 radical (unpaired) electrons. The zero-order valence-corrected chi connectivity index (χ0v) is 15.1. The van der Waals surface area contributed by atoms with Crippen molar-refractivity contribution in [1.82, 2.24) is 0 Å². The van der Waals surface area contributed by atoms with Gasteiger partial charge in [0, 0.05) is 13.2 Å². The minimum absolute atomic E-state index is 0.702. The SMILES string of the molecule is C=Cc1ccc([Si](OCCC)(OCCC)c2ccccc2)cc1. The van der Waals surface area contributed by atoms with E-state index in [9.17, 15) is 0 Å². The van der Waals surface area contributed by atoms with Crippen molar-refractivity contribution in [2.75, 3.05) is 13.2 Å². The highest BCUT2D eigenvalue weighted by atomic mass is 28.4. The van der Waals surface area contributed by atoms with E-state index in [2.05, 4.69) is 69.0 Å². The first-order valence-corrected chi connectivity index (χ1v) is 10.1. The van der Waals surface area contributed by atoms with Gasteiger partial charge in [0.25, 0.3) is 0 Å². The van der Waals surface area contributed by atoms with E-state index in [4.69, 9.17) is 8.85 Å². The molecule has 0 aliphatic heterocycles. The minimum atomic E-state index is -2.66. The summed E-state index contributed by atoms with van der Waals surface area (Å²) in [6, 6.07) is 18.8. The Morgan fingerprint density at radius 3 is 1.83 bits per heavy atom. The van der Waals surface area contributed by atoms with Crippen LogP contribution in [0.25, 0.3) is 6.08 Å². The van der Waals surface area contributed by atoms with Gasteiger partial charge in [0.2, 0.25) is 0 Å². The molecular weight excluding hydrogens is 300 g/mol. The Kier molecular flexibility index (Phi) is 6.78. The number of benzene rings is 2. The van der Waals surface area contributed by atoms with E-state index < -0.39 is 8.56 Å². The molecule has 2 aromatic rings. The zero-order valence-electron chi connectivity index (χ0n) is 14.1. The summed E-state index contributed by atoms with van der Waals surface area (Å²) >= 11 is 0. The second-order valence-corrected chi connectivity index (χ2v) is 8.47. The maximum absolute atomic E-state index is 6.42. The molecule has 0 unspecified atom stereocenters. The van der Waals surface area contributed by atoms with Crippen molar-refractivity contribution in [1.29, 1.82) is 0 Å². The lowest BCUT2D eigenvalue weighted by Gasteiger charge is -2.31. The van der Waals surface area contributed by atoms with Crippen LogP contribution in [0.2, 0.25) is 0 Å². The van der Waals surface area contributed by atoms with Crippen LogP contribution in [0.1, 0.15) is 32.3 Å². The Labute approximate surface area is 141 Å². The highest BCUT2D eigenvalue weighted by Crippen LogP contribution is 2.12. The van der Waals surface area contributed by atoms with Gasteiger partial charge >= 0.3 is 8.56 Å². The van der Waals surface area contributed by atoms with E-state index in [1.165, 1.54) is 0 Å². The molecule has 0 N–H and O–H groups in total. The molecule has 2 aromatic carbocycles. The van der Waals surface area contributed by atoms with Crippen molar-refractivity contribution < 1.29 is 8.85 Å². The summed E-state index contributed by atoms with van der Waals surface area (Å²) in [6.07, 6.45) is 3.80. The summed E-state index contributed by atoms with van der Waals surface area (Å²) in [5, 5.41) is 2.31. The quantitative estimate of drug-likeness (QED) is 0.654. The highest BCUT2D eigenvalue weighted by molar-refractivity contribution is 6.92. The van der Waals surface area contributed by atoms with Crippen LogP contribution in [0.4, 0.5) is 0 Å². The van der Waals surface area contributed by atoms with Gasteiger partial charge in [-0.15, -0.1) is 0 Å². The summed E-state index contributed by atoms with van der Waals surface area (Å²) in [5.41, 5.74) is 1.11. The van der Waals surface area contributed by atoms with Crippen molar-refractivity contribution in [3.8, 4) is 0 Å². The van der Waals surface area contributed by atoms with Crippen LogP contribution in [0.15, 0.2) is 61.2 Å². The van der Waals surface area contributed by atoms with E-state index in [-0.39, 0.29) is 0 Å². The lowest BCUT2D eigenvalue weighted by atomic mass is 10.2. The number of hydrogen-bond donors (Lipinski definition) is 0. The molecule has 0 amide bonds. The van der Waals surface area contributed by atoms with E-state index in [1.807, 2.05) is 12.1 Å². The van der Waals surface area contributed by atoms with Crippen LogP contribution in [0, 0.1) is 0 Å². The monoisotopic (exact) mass is 326 g/mol. The van der Waals surface area contributed by atoms with Crippen molar-refractivity contribution in [2.45, 2.75) is 26.7 Å². The number of rotatable bonds is 9. The van der Waals surface area contributed by atoms with Crippen molar-refractivity contribution >= 4 is 25.0 Å². The zero-order chi connectivity index (χ0) is 16.5. The smallest absolute Gasteiger partial charge is 0.388 e. The molecule has 2 rings (SSSR count). The van der Waals surface area contributed by atoms with Gasteiger partial charge in [-0.05, 0) is 28.8 Å². The van der Waals surface area contributed by atoms with Crippen LogP contribution in [-0.2, 0) is 8.85 Å². The Bertz CT molecular complexity index is 585. The fourth-order valence-electron chi connectivity index (χ4n) is 2.53. The fourth-order valence-corrected chi connectivity index (χ4v) is 5.83. The fraction of sp³-hybridized carbons (Fsp3) is 0.300. The molecule has 0 saturated heterocycles. The molecule has 0 aromatic heterocycles. The van der Waals surface area contributed by atoms with Gasteiger partial charge in [0.1, 0.15) is 0 Å². The van der Waals surface area contributed by atoms with Crippen molar-refractivity contribution in [3.63, 3.8) is 0 Å². The Hall–Kier alpha value is -1.68. The largest absolute Gasteiger partial charge is 0.407 e. The first-order chi connectivity index (χ1) is 11.3. The van der Waals surface area contributed by atoms with Crippen LogP contribution in [0.3, 0.4) is 0 Å². The minimum Gasteiger partial charge on any atom is -0.388 e. The summed E-state index contributed by atoms with van der Waals surface area (Å²) < 4.78 is 12.8. The molecule has 0 aliphatic rings. The average Bonchev–Trinajstić information content (AvgIpc) is 2.63. The Morgan fingerprint density at radius 2 is 1.35 bits per heavy atom. The lowest BCUT2D eigenvalue weighted by molar-refractivity contribution is 0.191. The molecule has 122 valence electrons. The molecule has 0 spiro atoms. The maximum atomic E-state index is 6.42. The maximum Gasteiger partial charge on any atom is 0.407 e. The van der Waals surface area contributed by atoms with E-state index >= 15 is 0 Å². The molecule has 0 saturated carbocycles. The molecule has 3 heteroatoms. The topological polar surface area (TPSA) is 18.5 Å². The molecule has 0 aliphatic carbocycles. The van der Waals surface area contributed by atoms with Gasteiger partial charge in [0.15, 0.2) is 0 Å². The standard InChI is InChI=1S/C20H26O2Si/c1-4-16-21-23(22-17-5-2,19-10-8-7-9-11-19)20-14-12-18(6-3)13-15-20/h6-15H,3-5,16-17H2,1-2H3. The first-order valence-electron chi connectivity index (χ1n) is 8.33. The van der Waals surface area contributed by atoms with Gasteiger partial charge in [-0.25, -0.2) is 0 Å². The van der Waals surface area contributed by atoms with Gasteiger partial charge in [-0.2, -0.15) is 0 Å². The summed E-state index contributed by atoms with van der Waals surface area (Å²) in [6.45, 7) is 9.49. The predicted octanol–water partition coefficient (Wildman–Crippen LogP) is 3.74. The number of hydrogen-bond acceptors (Lipinski definition) is 2. The van der Waals surface area contributed by atoms with Gasteiger partial charge < -0.3 is 8.85 Å². The molecule has 23 heavy (non-hydrogen) atoms. The van der Waals surface area contributed by atoms with Crippen LogP contribution >= 0.6 is 0 Å².